The lowest BCUT2D eigenvalue weighted by molar-refractivity contribution is 0.0953. The van der Waals surface area contributed by atoms with Gasteiger partial charge < -0.3 is 0 Å². The van der Waals surface area contributed by atoms with Crippen molar-refractivity contribution in [1.82, 2.24) is 25.4 Å². The normalized spacial score (nSPS) is 10.9. The number of fused-ring (bicyclic) bond motifs is 1. The molecule has 0 aliphatic heterocycles. The molecule has 8 nitrogen and oxygen atoms in total. The molecule has 0 aliphatic carbocycles. The second-order valence-electron chi connectivity index (χ2n) is 4.85. The van der Waals surface area contributed by atoms with Gasteiger partial charge in [0.1, 0.15) is 0 Å². The Bertz CT molecular complexity index is 940. The van der Waals surface area contributed by atoms with Gasteiger partial charge in [0.15, 0.2) is 5.52 Å². The first kappa shape index (κ1) is 14.0. The molecule has 1 amide bonds. The first-order valence-electron chi connectivity index (χ1n) is 6.59. The van der Waals surface area contributed by atoms with Gasteiger partial charge in [0, 0.05) is 0 Å². The van der Waals surface area contributed by atoms with Crippen LogP contribution in [0.1, 0.15) is 21.7 Å². The molecule has 0 spiro atoms. The van der Waals surface area contributed by atoms with Crippen molar-refractivity contribution in [3.8, 4) is 5.69 Å². The molecule has 4 N–H and O–H groups in total. The Balaban J connectivity index is 2.36. The van der Waals surface area contributed by atoms with Crippen LogP contribution in [0.3, 0.4) is 0 Å². The molecule has 0 fully saturated rings. The molecule has 2 aromatic heterocycles. The fourth-order valence-electron chi connectivity index (χ4n) is 2.50. The Labute approximate surface area is 124 Å². The number of nitrogens with two attached hydrogens (primary N) is 1. The summed E-state index contributed by atoms with van der Waals surface area (Å²) >= 11 is 0. The fourth-order valence-corrected chi connectivity index (χ4v) is 2.50. The second-order valence-corrected chi connectivity index (χ2v) is 4.85. The van der Waals surface area contributed by atoms with Gasteiger partial charge >= 0.3 is 0 Å². The van der Waals surface area contributed by atoms with Crippen molar-refractivity contribution in [3.63, 3.8) is 0 Å². The largest absolute Gasteiger partial charge is 0.292 e. The Morgan fingerprint density at radius 2 is 2.05 bits per heavy atom. The van der Waals surface area contributed by atoms with E-state index in [1.54, 1.807) is 35.9 Å². The number of nitrogens with one attached hydrogen (secondary N) is 2. The van der Waals surface area contributed by atoms with Crippen molar-refractivity contribution in [2.24, 2.45) is 5.84 Å². The van der Waals surface area contributed by atoms with E-state index in [1.807, 2.05) is 6.92 Å². The van der Waals surface area contributed by atoms with E-state index in [0.717, 1.165) is 5.69 Å². The van der Waals surface area contributed by atoms with Gasteiger partial charge in [-0.2, -0.15) is 10.2 Å². The van der Waals surface area contributed by atoms with Gasteiger partial charge in [-0.15, -0.1) is 0 Å². The number of H-pyrrole nitrogens is 1. The summed E-state index contributed by atoms with van der Waals surface area (Å²) in [7, 11) is 0. The van der Waals surface area contributed by atoms with Crippen LogP contribution in [-0.2, 0) is 0 Å². The Morgan fingerprint density at radius 3 is 2.73 bits per heavy atom. The molecule has 0 bridgehead atoms. The van der Waals surface area contributed by atoms with E-state index < -0.39 is 5.91 Å². The zero-order valence-electron chi connectivity index (χ0n) is 12.0. The zero-order chi connectivity index (χ0) is 15.9. The summed E-state index contributed by atoms with van der Waals surface area (Å²) in [5.74, 6) is 4.79. The summed E-state index contributed by atoms with van der Waals surface area (Å²) in [5, 5.41) is 11.4. The van der Waals surface area contributed by atoms with Crippen molar-refractivity contribution < 1.29 is 4.79 Å². The Hall–Kier alpha value is -3.00. The summed E-state index contributed by atoms with van der Waals surface area (Å²) in [6.45, 7) is 3.61. The summed E-state index contributed by atoms with van der Waals surface area (Å²) in [6.07, 6.45) is 0. The second kappa shape index (κ2) is 5.08. The molecule has 2 heterocycles. The van der Waals surface area contributed by atoms with Crippen LogP contribution in [0, 0.1) is 13.8 Å². The highest BCUT2D eigenvalue weighted by Gasteiger charge is 2.18. The van der Waals surface area contributed by atoms with Crippen molar-refractivity contribution in [3.05, 3.63) is 51.6 Å². The lowest BCUT2D eigenvalue weighted by atomic mass is 10.1. The van der Waals surface area contributed by atoms with E-state index in [9.17, 15) is 9.59 Å². The van der Waals surface area contributed by atoms with Crippen LogP contribution in [0.25, 0.3) is 16.6 Å². The number of para-hydroxylation sites is 1. The van der Waals surface area contributed by atoms with Gasteiger partial charge in [0.2, 0.25) is 0 Å². The molecule has 112 valence electrons. The molecule has 0 saturated carbocycles. The third kappa shape index (κ3) is 1.97. The summed E-state index contributed by atoms with van der Waals surface area (Å²) < 4.78 is 1.55. The number of hydrogen-bond donors (Lipinski definition) is 3. The van der Waals surface area contributed by atoms with E-state index in [-0.39, 0.29) is 11.1 Å². The molecular formula is C14H14N6O2. The van der Waals surface area contributed by atoms with E-state index >= 15 is 0 Å². The third-order valence-corrected chi connectivity index (χ3v) is 3.53. The molecule has 8 heteroatoms. The number of aromatic amines is 1. The lowest BCUT2D eigenvalue weighted by Gasteiger charge is -2.09. The Morgan fingerprint density at radius 1 is 1.32 bits per heavy atom. The topological polar surface area (TPSA) is 119 Å². The minimum Gasteiger partial charge on any atom is -0.290 e. The number of aryl methyl sites for hydroxylation is 2. The molecule has 0 aliphatic rings. The van der Waals surface area contributed by atoms with Crippen molar-refractivity contribution in [2.75, 3.05) is 0 Å². The average Bonchev–Trinajstić information content (AvgIpc) is 2.89. The quantitative estimate of drug-likeness (QED) is 0.358. The number of amides is 1. The summed E-state index contributed by atoms with van der Waals surface area (Å²) in [6, 6.07) is 6.88. The average molecular weight is 298 g/mol. The molecule has 3 rings (SSSR count). The van der Waals surface area contributed by atoms with Gasteiger partial charge in [-0.25, -0.2) is 15.6 Å². The first-order chi connectivity index (χ1) is 10.5. The lowest BCUT2D eigenvalue weighted by Crippen LogP contribution is -2.31. The number of carbonyl (C=O) groups is 1. The number of hydrogen-bond acceptors (Lipinski definition) is 5. The number of nitrogens with zero attached hydrogens (tertiary/aromatic N) is 3. The molecule has 3 aromatic rings. The third-order valence-electron chi connectivity index (χ3n) is 3.53. The maximum atomic E-state index is 11.9. The standard InChI is InChI=1S/C14H14N6O2/c1-7-11-8(2)20(19-12(11)14(22)18-17-7)10-6-4-3-5-9(10)13(21)16-15/h3-6H,15H2,1-2H3,(H,16,21)(H,18,22). The van der Waals surface area contributed by atoms with E-state index in [0.29, 0.717) is 22.3 Å². The van der Waals surface area contributed by atoms with Crippen molar-refractivity contribution in [1.29, 1.82) is 0 Å². The molecule has 0 atom stereocenters. The van der Waals surface area contributed by atoms with Gasteiger partial charge in [0.25, 0.3) is 11.5 Å². The molecule has 0 radical (unpaired) electrons. The van der Waals surface area contributed by atoms with Crippen LogP contribution in [0.5, 0.6) is 0 Å². The molecule has 0 saturated heterocycles. The molecule has 0 unspecified atom stereocenters. The number of benzene rings is 1. The van der Waals surface area contributed by atoms with E-state index in [1.165, 1.54) is 0 Å². The van der Waals surface area contributed by atoms with Crippen LogP contribution in [-0.4, -0.2) is 25.9 Å². The SMILES string of the molecule is Cc1n[nH]c(=O)c2nn(-c3ccccc3C(=O)NN)c(C)c12. The predicted molar refractivity (Wildman–Crippen MR) is 80.6 cm³/mol. The van der Waals surface area contributed by atoms with Crippen LogP contribution >= 0.6 is 0 Å². The minimum absolute atomic E-state index is 0.285. The van der Waals surface area contributed by atoms with Gasteiger partial charge in [-0.1, -0.05) is 12.1 Å². The minimum atomic E-state index is -0.432. The fraction of sp³-hybridized carbons (Fsp3) is 0.143. The molecule has 1 aromatic carbocycles. The van der Waals surface area contributed by atoms with E-state index in [2.05, 4.69) is 20.7 Å². The number of rotatable bonds is 2. The summed E-state index contributed by atoms with van der Waals surface area (Å²) in [5.41, 5.74) is 4.32. The number of hydrazine groups is 1. The van der Waals surface area contributed by atoms with E-state index in [4.69, 9.17) is 5.84 Å². The van der Waals surface area contributed by atoms with Gasteiger partial charge in [-0.3, -0.25) is 15.0 Å². The van der Waals surface area contributed by atoms with Crippen LogP contribution in [0.15, 0.2) is 29.1 Å². The number of nitrogen functional groups attached to an aromatic ring is 1. The van der Waals surface area contributed by atoms with Crippen LogP contribution in [0.4, 0.5) is 0 Å². The van der Waals surface area contributed by atoms with Crippen molar-refractivity contribution >= 4 is 16.8 Å². The molecule has 22 heavy (non-hydrogen) atoms. The van der Waals surface area contributed by atoms with Crippen molar-refractivity contribution in [2.45, 2.75) is 13.8 Å². The maximum absolute atomic E-state index is 11.9. The number of carbonyl (C=O) groups excluding carboxylic acids is 1. The highest BCUT2D eigenvalue weighted by atomic mass is 16.2. The highest BCUT2D eigenvalue weighted by Crippen LogP contribution is 2.22. The predicted octanol–water partition coefficient (Wildman–Crippen LogP) is 0.329. The molecular weight excluding hydrogens is 284 g/mol. The maximum Gasteiger partial charge on any atom is 0.292 e. The van der Waals surface area contributed by atoms with Gasteiger partial charge in [0.05, 0.1) is 28.0 Å². The number of aromatic nitrogens is 4. The highest BCUT2D eigenvalue weighted by molar-refractivity contribution is 5.97. The van der Waals surface area contributed by atoms with Crippen LogP contribution < -0.4 is 16.8 Å². The first-order valence-corrected chi connectivity index (χ1v) is 6.59. The monoisotopic (exact) mass is 298 g/mol. The zero-order valence-corrected chi connectivity index (χ0v) is 12.0. The van der Waals surface area contributed by atoms with Crippen LogP contribution in [0.2, 0.25) is 0 Å². The smallest absolute Gasteiger partial charge is 0.290 e. The summed E-state index contributed by atoms with van der Waals surface area (Å²) in [4.78, 5) is 23.8. The van der Waals surface area contributed by atoms with Gasteiger partial charge in [-0.05, 0) is 26.0 Å². The Kier molecular flexibility index (Phi) is 3.22.